The average Bonchev–Trinajstić information content (AvgIpc) is 2.15. The molecule has 0 amide bonds. The van der Waals surface area contributed by atoms with Gasteiger partial charge in [0.2, 0.25) is 0 Å². The van der Waals surface area contributed by atoms with Gasteiger partial charge in [0.25, 0.3) is 0 Å². The molecule has 17 heavy (non-hydrogen) atoms. The van der Waals surface area contributed by atoms with Crippen molar-refractivity contribution in [2.45, 2.75) is 79.2 Å². The van der Waals surface area contributed by atoms with Gasteiger partial charge in [-0.3, -0.25) is 0 Å². The highest BCUT2D eigenvalue weighted by atomic mass is 14.7. The Morgan fingerprint density at radius 1 is 1.24 bits per heavy atom. The third kappa shape index (κ3) is 4.62. The van der Waals surface area contributed by atoms with Crippen LogP contribution in [0, 0.1) is 23.2 Å². The van der Waals surface area contributed by atoms with E-state index < -0.39 is 0 Å². The monoisotopic (exact) mass is 239 g/mol. The summed E-state index contributed by atoms with van der Waals surface area (Å²) < 4.78 is 0. The molecule has 102 valence electrons. The van der Waals surface area contributed by atoms with Crippen LogP contribution >= 0.6 is 0 Å². The molecule has 3 unspecified atom stereocenters. The van der Waals surface area contributed by atoms with Crippen molar-refractivity contribution in [3.05, 3.63) is 0 Å². The van der Waals surface area contributed by atoms with Crippen LogP contribution in [0.4, 0.5) is 0 Å². The number of rotatable bonds is 5. The van der Waals surface area contributed by atoms with Crippen molar-refractivity contribution >= 4 is 0 Å². The molecule has 0 aliphatic heterocycles. The second-order valence-electron chi connectivity index (χ2n) is 7.46. The van der Waals surface area contributed by atoms with Crippen molar-refractivity contribution in [3.8, 4) is 0 Å². The predicted octanol–water partition coefficient (Wildman–Crippen LogP) is 4.60. The highest BCUT2D eigenvalue weighted by Crippen LogP contribution is 2.42. The van der Waals surface area contributed by atoms with Crippen LogP contribution in [0.3, 0.4) is 0 Å². The normalized spacial score (nSPS) is 30.9. The summed E-state index contributed by atoms with van der Waals surface area (Å²) in [6, 6.07) is 0.438. The van der Waals surface area contributed by atoms with E-state index in [4.69, 9.17) is 5.73 Å². The Kier molecular flexibility index (Phi) is 5.50. The zero-order chi connectivity index (χ0) is 13.1. The maximum atomic E-state index is 6.39. The average molecular weight is 239 g/mol. The molecule has 1 saturated carbocycles. The lowest BCUT2D eigenvalue weighted by Crippen LogP contribution is -2.43. The predicted molar refractivity (Wildman–Crippen MR) is 77.0 cm³/mol. The molecule has 1 aliphatic rings. The lowest BCUT2D eigenvalue weighted by molar-refractivity contribution is 0.101. The Balaban J connectivity index is 2.45. The molecule has 3 atom stereocenters. The van der Waals surface area contributed by atoms with E-state index >= 15 is 0 Å². The lowest BCUT2D eigenvalue weighted by atomic mass is 9.65. The molecule has 1 fully saturated rings. The van der Waals surface area contributed by atoms with E-state index in [1.54, 1.807) is 0 Å². The molecule has 2 N–H and O–H groups in total. The first-order valence-corrected chi connectivity index (χ1v) is 7.58. The van der Waals surface area contributed by atoms with Crippen LogP contribution in [0.2, 0.25) is 0 Å². The summed E-state index contributed by atoms with van der Waals surface area (Å²) in [6.07, 6.45) is 8.03. The summed E-state index contributed by atoms with van der Waals surface area (Å²) >= 11 is 0. The Morgan fingerprint density at radius 3 is 2.41 bits per heavy atom. The van der Waals surface area contributed by atoms with Crippen molar-refractivity contribution in [1.29, 1.82) is 0 Å². The number of hydrogen-bond donors (Lipinski definition) is 1. The van der Waals surface area contributed by atoms with Crippen LogP contribution in [0.25, 0.3) is 0 Å². The summed E-state index contributed by atoms with van der Waals surface area (Å²) in [4.78, 5) is 0. The van der Waals surface area contributed by atoms with Crippen molar-refractivity contribution in [2.75, 3.05) is 0 Å². The van der Waals surface area contributed by atoms with E-state index in [0.29, 0.717) is 11.5 Å². The van der Waals surface area contributed by atoms with Gasteiger partial charge in [-0.1, -0.05) is 53.9 Å². The zero-order valence-corrected chi connectivity index (χ0v) is 12.6. The Morgan fingerprint density at radius 2 is 1.88 bits per heavy atom. The fourth-order valence-electron chi connectivity index (χ4n) is 3.55. The van der Waals surface area contributed by atoms with E-state index in [1.165, 1.54) is 38.5 Å². The van der Waals surface area contributed by atoms with Crippen LogP contribution < -0.4 is 5.73 Å². The Hall–Kier alpha value is -0.0400. The van der Waals surface area contributed by atoms with Gasteiger partial charge in [-0.15, -0.1) is 0 Å². The van der Waals surface area contributed by atoms with E-state index in [0.717, 1.165) is 17.8 Å². The van der Waals surface area contributed by atoms with E-state index in [9.17, 15) is 0 Å². The van der Waals surface area contributed by atoms with Crippen LogP contribution in [0.5, 0.6) is 0 Å². The maximum Gasteiger partial charge on any atom is 0.00747 e. The van der Waals surface area contributed by atoms with Crippen molar-refractivity contribution in [3.63, 3.8) is 0 Å². The molecule has 0 saturated heterocycles. The Labute approximate surface area is 109 Å². The first kappa shape index (κ1) is 15.0. The molecule has 0 radical (unpaired) electrons. The molecule has 0 aromatic rings. The van der Waals surface area contributed by atoms with Gasteiger partial charge in [-0.2, -0.15) is 0 Å². The van der Waals surface area contributed by atoms with Crippen molar-refractivity contribution in [2.24, 2.45) is 28.9 Å². The molecule has 1 nitrogen and oxygen atoms in total. The second kappa shape index (κ2) is 6.22. The van der Waals surface area contributed by atoms with Crippen LogP contribution in [0.1, 0.15) is 73.1 Å². The highest BCUT2D eigenvalue weighted by Gasteiger charge is 2.36. The van der Waals surface area contributed by atoms with Crippen LogP contribution in [-0.2, 0) is 0 Å². The van der Waals surface area contributed by atoms with E-state index in [-0.39, 0.29) is 0 Å². The molecule has 0 aromatic carbocycles. The smallest absolute Gasteiger partial charge is 0.00747 e. The third-order valence-corrected chi connectivity index (χ3v) is 4.77. The van der Waals surface area contributed by atoms with Gasteiger partial charge in [0, 0.05) is 6.04 Å². The second-order valence-corrected chi connectivity index (χ2v) is 7.46. The minimum Gasteiger partial charge on any atom is -0.327 e. The standard InChI is InChI=1S/C16H33N/c1-12(2)7-6-10-16(4,5)14-9-8-13(3)11-15(14)17/h12-15H,6-11,17H2,1-5H3. The molecule has 0 bridgehead atoms. The summed E-state index contributed by atoms with van der Waals surface area (Å²) in [5, 5.41) is 0. The van der Waals surface area contributed by atoms with Gasteiger partial charge >= 0.3 is 0 Å². The van der Waals surface area contributed by atoms with Gasteiger partial charge in [-0.25, -0.2) is 0 Å². The van der Waals surface area contributed by atoms with Gasteiger partial charge in [0.15, 0.2) is 0 Å². The van der Waals surface area contributed by atoms with E-state index in [1.807, 2.05) is 0 Å². The van der Waals surface area contributed by atoms with Crippen molar-refractivity contribution < 1.29 is 0 Å². The number of nitrogens with two attached hydrogens (primary N) is 1. The van der Waals surface area contributed by atoms with Crippen molar-refractivity contribution in [1.82, 2.24) is 0 Å². The first-order chi connectivity index (χ1) is 7.83. The fourth-order valence-corrected chi connectivity index (χ4v) is 3.55. The van der Waals surface area contributed by atoms with Crippen LogP contribution in [0.15, 0.2) is 0 Å². The molecule has 0 aromatic heterocycles. The van der Waals surface area contributed by atoms with Gasteiger partial charge in [0.05, 0.1) is 0 Å². The quantitative estimate of drug-likeness (QED) is 0.745. The first-order valence-electron chi connectivity index (χ1n) is 7.58. The van der Waals surface area contributed by atoms with Gasteiger partial charge in [-0.05, 0) is 42.4 Å². The third-order valence-electron chi connectivity index (χ3n) is 4.77. The summed E-state index contributed by atoms with van der Waals surface area (Å²) in [7, 11) is 0. The molecule has 0 heterocycles. The molecule has 1 aliphatic carbocycles. The minimum absolute atomic E-state index is 0.438. The van der Waals surface area contributed by atoms with Crippen LogP contribution in [-0.4, -0.2) is 6.04 Å². The SMILES string of the molecule is CC(C)CCCC(C)(C)C1CCC(C)CC1N. The summed E-state index contributed by atoms with van der Waals surface area (Å²) in [6.45, 7) is 11.9. The molecule has 1 heteroatoms. The molecule has 0 spiro atoms. The highest BCUT2D eigenvalue weighted by molar-refractivity contribution is 4.90. The fraction of sp³-hybridized carbons (Fsp3) is 1.00. The van der Waals surface area contributed by atoms with Gasteiger partial charge < -0.3 is 5.73 Å². The van der Waals surface area contributed by atoms with E-state index in [2.05, 4.69) is 34.6 Å². The minimum atomic E-state index is 0.438. The zero-order valence-electron chi connectivity index (χ0n) is 12.6. The Bertz CT molecular complexity index is 220. The summed E-state index contributed by atoms with van der Waals surface area (Å²) in [5.41, 5.74) is 6.83. The van der Waals surface area contributed by atoms with Gasteiger partial charge in [0.1, 0.15) is 0 Å². The molecular weight excluding hydrogens is 206 g/mol. The number of hydrogen-bond acceptors (Lipinski definition) is 1. The molecule has 1 rings (SSSR count). The largest absolute Gasteiger partial charge is 0.327 e. The maximum absolute atomic E-state index is 6.39. The molecular formula is C16H33N. The lowest BCUT2D eigenvalue weighted by Gasteiger charge is -2.43. The summed E-state index contributed by atoms with van der Waals surface area (Å²) in [5.74, 6) is 2.42. The topological polar surface area (TPSA) is 26.0 Å².